The summed E-state index contributed by atoms with van der Waals surface area (Å²) in [5.41, 5.74) is 0.596. The van der Waals surface area contributed by atoms with Crippen molar-refractivity contribution in [3.63, 3.8) is 0 Å². The van der Waals surface area contributed by atoms with Gasteiger partial charge in [-0.05, 0) is 86.0 Å². The maximum absolute atomic E-state index is 12.8. The molecule has 3 rings (SSSR count). The molecule has 7 heteroatoms. The summed E-state index contributed by atoms with van der Waals surface area (Å²) < 4.78 is 18.7. The third-order valence-corrected chi connectivity index (χ3v) is 14.7. The van der Waals surface area contributed by atoms with Crippen LogP contribution in [-0.4, -0.2) is 63.6 Å². The molecule has 1 aromatic carbocycles. The second-order valence-electron chi connectivity index (χ2n) is 13.9. The van der Waals surface area contributed by atoms with E-state index >= 15 is 0 Å². The van der Waals surface area contributed by atoms with Crippen LogP contribution in [-0.2, 0) is 18.7 Å². The van der Waals surface area contributed by atoms with Crippen LogP contribution in [0, 0.1) is 23.7 Å². The fourth-order valence-electron chi connectivity index (χ4n) is 5.84. The Hall–Kier alpha value is -1.70. The average Bonchev–Trinajstić information content (AvgIpc) is 2.91. The van der Waals surface area contributed by atoms with Crippen molar-refractivity contribution < 1.29 is 23.5 Å². The van der Waals surface area contributed by atoms with E-state index in [9.17, 15) is 9.59 Å². The molecule has 1 aromatic rings. The first kappa shape index (κ1) is 32.8. The van der Waals surface area contributed by atoms with E-state index in [-0.39, 0.29) is 35.0 Å². The first-order chi connectivity index (χ1) is 18.8. The summed E-state index contributed by atoms with van der Waals surface area (Å²) in [4.78, 5) is 27.3. The maximum Gasteiger partial charge on any atom is 0.338 e. The predicted octanol–water partition coefficient (Wildman–Crippen LogP) is 7.34. The lowest BCUT2D eigenvalue weighted by molar-refractivity contribution is -0.133. The summed E-state index contributed by atoms with van der Waals surface area (Å²) >= 11 is 0. The fourth-order valence-corrected chi connectivity index (χ4v) is 7.26. The van der Waals surface area contributed by atoms with Gasteiger partial charge in [-0.1, -0.05) is 59.7 Å². The van der Waals surface area contributed by atoms with Crippen molar-refractivity contribution in [3.05, 3.63) is 35.9 Å². The normalized spacial score (nSPS) is 26.5. The molecule has 5 atom stereocenters. The molecule has 2 unspecified atom stereocenters. The minimum Gasteiger partial charge on any atom is -0.462 e. The molecule has 2 aliphatic rings. The summed E-state index contributed by atoms with van der Waals surface area (Å²) in [6.45, 7) is 21.0. The van der Waals surface area contributed by atoms with E-state index in [4.69, 9.17) is 13.9 Å². The number of esters is 1. The molecule has 0 bridgehead atoms. The van der Waals surface area contributed by atoms with Crippen LogP contribution >= 0.6 is 0 Å². The summed E-state index contributed by atoms with van der Waals surface area (Å²) in [6, 6.07) is 9.19. The minimum absolute atomic E-state index is 0.155. The monoisotopic (exact) mass is 573 g/mol. The van der Waals surface area contributed by atoms with Crippen molar-refractivity contribution in [3.8, 4) is 0 Å². The molecule has 226 valence electrons. The zero-order valence-electron chi connectivity index (χ0n) is 26.4. The number of carbonyl (C=O) groups is 2. The Labute approximate surface area is 244 Å². The fraction of sp³-hybridized carbons (Fsp3) is 0.758. The van der Waals surface area contributed by atoms with Gasteiger partial charge in [0.25, 0.3) is 0 Å². The first-order valence-corrected chi connectivity index (χ1v) is 18.5. The van der Waals surface area contributed by atoms with Crippen molar-refractivity contribution >= 4 is 20.2 Å². The Bertz CT molecular complexity index is 938. The van der Waals surface area contributed by atoms with Crippen LogP contribution in [0.1, 0.15) is 90.4 Å². The number of rotatable bonds is 11. The second kappa shape index (κ2) is 14.5. The first-order valence-electron chi connectivity index (χ1n) is 15.6. The number of nitrogens with zero attached hydrogens (tertiary/aromatic N) is 1. The number of piperidine rings is 1. The molecule has 1 amide bonds. The number of hydrogen-bond acceptors (Lipinski definition) is 5. The summed E-state index contributed by atoms with van der Waals surface area (Å²) in [7, 11) is -1.77. The molecule has 1 saturated heterocycles. The average molecular weight is 574 g/mol. The summed E-state index contributed by atoms with van der Waals surface area (Å²) in [5.74, 6) is 1.70. The highest BCUT2D eigenvalue weighted by atomic mass is 28.4. The van der Waals surface area contributed by atoms with Gasteiger partial charge in [0.2, 0.25) is 5.91 Å². The molecule has 40 heavy (non-hydrogen) atoms. The zero-order chi connectivity index (χ0) is 29.5. The molecule has 1 aliphatic heterocycles. The molecule has 0 aromatic heterocycles. The number of benzene rings is 1. The quantitative estimate of drug-likeness (QED) is 0.157. The van der Waals surface area contributed by atoms with Gasteiger partial charge in [0.15, 0.2) is 8.32 Å². The Balaban J connectivity index is 1.35. The lowest BCUT2D eigenvalue weighted by Crippen LogP contribution is -2.48. The largest absolute Gasteiger partial charge is 0.462 e. The number of likely N-dealkylation sites (tertiary alicyclic amines) is 1. The van der Waals surface area contributed by atoms with Crippen LogP contribution in [0.25, 0.3) is 0 Å². The van der Waals surface area contributed by atoms with Gasteiger partial charge in [0.05, 0.1) is 18.3 Å². The van der Waals surface area contributed by atoms with Crippen molar-refractivity contribution in [2.45, 2.75) is 110 Å². The predicted molar refractivity (Wildman–Crippen MR) is 164 cm³/mol. The van der Waals surface area contributed by atoms with Gasteiger partial charge in [-0.15, -0.1) is 0 Å². The molecular formula is C33H55NO5Si. The van der Waals surface area contributed by atoms with Crippen molar-refractivity contribution in [1.29, 1.82) is 0 Å². The number of ether oxygens (including phenoxy) is 2. The molecule has 1 heterocycles. The van der Waals surface area contributed by atoms with E-state index in [1.54, 1.807) is 12.1 Å². The van der Waals surface area contributed by atoms with E-state index in [1.807, 2.05) is 23.1 Å². The standard InChI is InChI=1S/C33H55NO5Si/c1-24-25(2)28(23-38-32(36)27-14-10-9-11-15-27)22-30(26(24)3)37-21-13-12-16-31(35)34-19-17-29(18-20-34)39-40(7,8)33(4,5)6/h9-11,14-15,24-26,28-30H,12-13,16-23H2,1-8H3/t24-,25+,26?,28?,30+/m0/s1. The smallest absolute Gasteiger partial charge is 0.338 e. The highest BCUT2D eigenvalue weighted by Crippen LogP contribution is 2.40. The second-order valence-corrected chi connectivity index (χ2v) is 18.6. The highest BCUT2D eigenvalue weighted by Gasteiger charge is 2.40. The van der Waals surface area contributed by atoms with Crippen LogP contribution in [0.2, 0.25) is 18.1 Å². The van der Waals surface area contributed by atoms with Gasteiger partial charge in [-0.25, -0.2) is 4.79 Å². The number of amides is 1. The van der Waals surface area contributed by atoms with Crippen LogP contribution in [0.3, 0.4) is 0 Å². The lowest BCUT2D eigenvalue weighted by atomic mass is 9.67. The van der Waals surface area contributed by atoms with E-state index in [0.717, 1.165) is 45.2 Å². The van der Waals surface area contributed by atoms with E-state index in [1.165, 1.54) is 0 Å². The van der Waals surface area contributed by atoms with Gasteiger partial charge in [0, 0.05) is 32.2 Å². The lowest BCUT2D eigenvalue weighted by Gasteiger charge is -2.43. The molecule has 0 N–H and O–H groups in total. The highest BCUT2D eigenvalue weighted by molar-refractivity contribution is 6.74. The molecule has 6 nitrogen and oxygen atoms in total. The number of unbranched alkanes of at least 4 members (excludes halogenated alkanes) is 1. The molecule has 0 radical (unpaired) electrons. The van der Waals surface area contributed by atoms with Crippen molar-refractivity contribution in [2.75, 3.05) is 26.3 Å². The van der Waals surface area contributed by atoms with Crippen LogP contribution in [0.5, 0.6) is 0 Å². The van der Waals surface area contributed by atoms with Crippen LogP contribution < -0.4 is 0 Å². The Morgan fingerprint density at radius 1 is 0.950 bits per heavy atom. The summed E-state index contributed by atoms with van der Waals surface area (Å²) in [5, 5.41) is 0.212. The SMILES string of the molecule is CC1[C@@H](C)[C@@H](C)C(COC(=O)c2ccccc2)C[C@H]1OCCCCC(=O)N1CCC(O[Si](C)(C)C(C)(C)C)CC1. The topological polar surface area (TPSA) is 65.1 Å². The molecule has 1 saturated carbocycles. The maximum atomic E-state index is 12.8. The van der Waals surface area contributed by atoms with E-state index < -0.39 is 8.32 Å². The molecular weight excluding hydrogens is 518 g/mol. The third kappa shape index (κ3) is 8.90. The Morgan fingerprint density at radius 3 is 2.23 bits per heavy atom. The van der Waals surface area contributed by atoms with Gasteiger partial charge >= 0.3 is 5.97 Å². The van der Waals surface area contributed by atoms with Gasteiger partial charge in [0.1, 0.15) is 0 Å². The molecule has 2 fully saturated rings. The van der Waals surface area contributed by atoms with E-state index in [2.05, 4.69) is 54.6 Å². The van der Waals surface area contributed by atoms with Gasteiger partial charge in [-0.2, -0.15) is 0 Å². The van der Waals surface area contributed by atoms with Crippen molar-refractivity contribution in [2.24, 2.45) is 23.7 Å². The molecule has 1 aliphatic carbocycles. The minimum atomic E-state index is -1.77. The number of hydrogen-bond donors (Lipinski definition) is 0. The van der Waals surface area contributed by atoms with Crippen LogP contribution in [0.4, 0.5) is 0 Å². The third-order valence-electron chi connectivity index (χ3n) is 10.1. The zero-order valence-corrected chi connectivity index (χ0v) is 27.4. The van der Waals surface area contributed by atoms with Gasteiger partial charge < -0.3 is 18.8 Å². The Morgan fingerprint density at radius 2 is 1.60 bits per heavy atom. The van der Waals surface area contributed by atoms with Crippen LogP contribution in [0.15, 0.2) is 30.3 Å². The number of carbonyl (C=O) groups excluding carboxylic acids is 2. The summed E-state index contributed by atoms with van der Waals surface area (Å²) in [6.07, 6.45) is 5.55. The Kier molecular flexibility index (Phi) is 11.9. The van der Waals surface area contributed by atoms with Crippen molar-refractivity contribution in [1.82, 2.24) is 4.90 Å². The molecule has 0 spiro atoms. The van der Waals surface area contributed by atoms with E-state index in [0.29, 0.717) is 43.0 Å². The van der Waals surface area contributed by atoms with Gasteiger partial charge in [-0.3, -0.25) is 4.79 Å².